The van der Waals surface area contributed by atoms with Crippen molar-refractivity contribution in [1.29, 1.82) is 0 Å². The number of alkyl halides is 3. The van der Waals surface area contributed by atoms with Gasteiger partial charge in [-0.3, -0.25) is 19.4 Å². The smallest absolute Gasteiger partial charge is 0.357 e. The largest absolute Gasteiger partial charge is 0.433 e. The standard InChI is InChI=1S/C27H25BrClF3N6O3/c1-13-8-20-17(11-36(13)25(40)15-4-6-18(28)19(29)9-15)23-26(41)37(12-21(24(39)33-3)38(23)35-20)14(2)16-5-7-22(34-10-16)27(30,31)32/h4-7,9-10,13-14,21H,8,11-12H2,1-3H3,(H,33,39)/t13-,14+,21+/m1/s1. The monoisotopic (exact) mass is 652 g/mol. The third-order valence-electron chi connectivity index (χ3n) is 7.57. The van der Waals surface area contributed by atoms with E-state index in [4.69, 9.17) is 11.6 Å². The molecule has 216 valence electrons. The van der Waals surface area contributed by atoms with Crippen LogP contribution in [0.2, 0.25) is 5.02 Å². The molecule has 0 saturated heterocycles. The van der Waals surface area contributed by atoms with Crippen molar-refractivity contribution in [3.05, 3.63) is 79.8 Å². The van der Waals surface area contributed by atoms with Gasteiger partial charge in [-0.15, -0.1) is 0 Å². The van der Waals surface area contributed by atoms with Crippen LogP contribution >= 0.6 is 27.5 Å². The summed E-state index contributed by atoms with van der Waals surface area (Å²) in [6, 6.07) is 5.21. The van der Waals surface area contributed by atoms with Gasteiger partial charge in [0, 0.05) is 41.3 Å². The topological polar surface area (TPSA) is 100 Å². The van der Waals surface area contributed by atoms with Gasteiger partial charge in [0.25, 0.3) is 11.8 Å². The van der Waals surface area contributed by atoms with Gasteiger partial charge in [0.15, 0.2) is 0 Å². The fourth-order valence-corrected chi connectivity index (χ4v) is 5.69. The van der Waals surface area contributed by atoms with Crippen molar-refractivity contribution in [2.75, 3.05) is 13.6 Å². The van der Waals surface area contributed by atoms with E-state index in [1.165, 1.54) is 22.7 Å². The Morgan fingerprint density at radius 1 is 1.22 bits per heavy atom. The molecule has 14 heteroatoms. The third kappa shape index (κ3) is 5.21. The zero-order chi connectivity index (χ0) is 29.8. The molecular weight excluding hydrogens is 629 g/mol. The number of carbonyl (C=O) groups is 3. The van der Waals surface area contributed by atoms with Crippen LogP contribution in [0.3, 0.4) is 0 Å². The molecule has 0 saturated carbocycles. The number of carbonyl (C=O) groups excluding carboxylic acids is 3. The second-order valence-corrected chi connectivity index (χ2v) is 11.3. The van der Waals surface area contributed by atoms with Crippen LogP contribution in [0, 0.1) is 0 Å². The highest BCUT2D eigenvalue weighted by molar-refractivity contribution is 9.10. The Hall–Kier alpha value is -3.45. The SMILES string of the molecule is CNC(=O)[C@@H]1CN([C@@H](C)c2ccc(C(F)(F)F)nc2)C(=O)c2c3c(nn21)C[C@@H](C)N(C(=O)c1ccc(Br)c(Cl)c1)C3. The summed E-state index contributed by atoms with van der Waals surface area (Å²) in [5.41, 5.74) is 1.03. The van der Waals surface area contributed by atoms with E-state index in [2.05, 4.69) is 31.3 Å². The van der Waals surface area contributed by atoms with Gasteiger partial charge < -0.3 is 15.1 Å². The molecule has 5 rings (SSSR count). The lowest BCUT2D eigenvalue weighted by molar-refractivity contribution is -0.141. The molecule has 9 nitrogen and oxygen atoms in total. The Labute approximate surface area is 246 Å². The van der Waals surface area contributed by atoms with Crippen molar-refractivity contribution in [2.24, 2.45) is 0 Å². The molecule has 2 aliphatic heterocycles. The molecule has 4 heterocycles. The van der Waals surface area contributed by atoms with E-state index in [1.807, 2.05) is 6.92 Å². The van der Waals surface area contributed by atoms with Gasteiger partial charge >= 0.3 is 6.18 Å². The summed E-state index contributed by atoms with van der Waals surface area (Å²) in [4.78, 5) is 47.0. The minimum absolute atomic E-state index is 0.0517. The molecule has 0 bridgehead atoms. The maximum atomic E-state index is 14.0. The zero-order valence-corrected chi connectivity index (χ0v) is 24.5. The molecule has 0 radical (unpaired) electrons. The van der Waals surface area contributed by atoms with E-state index in [-0.39, 0.29) is 36.6 Å². The molecule has 3 atom stereocenters. The summed E-state index contributed by atoms with van der Waals surface area (Å²) in [6.07, 6.45) is -3.15. The molecule has 2 aliphatic rings. The van der Waals surface area contributed by atoms with Gasteiger partial charge in [0.1, 0.15) is 17.4 Å². The molecule has 41 heavy (non-hydrogen) atoms. The van der Waals surface area contributed by atoms with Crippen molar-refractivity contribution >= 4 is 45.3 Å². The van der Waals surface area contributed by atoms with E-state index in [1.54, 1.807) is 30.0 Å². The number of nitrogens with one attached hydrogen (secondary N) is 1. The minimum atomic E-state index is -4.60. The summed E-state index contributed by atoms with van der Waals surface area (Å²) in [6.45, 7) is 3.57. The number of hydrogen-bond acceptors (Lipinski definition) is 5. The lowest BCUT2D eigenvalue weighted by Gasteiger charge is -2.38. The predicted molar refractivity (Wildman–Crippen MR) is 146 cm³/mol. The van der Waals surface area contributed by atoms with E-state index < -0.39 is 29.9 Å². The molecular formula is C27H25BrClF3N6O3. The molecule has 3 aromatic rings. The Bertz CT molecular complexity index is 1540. The third-order valence-corrected chi connectivity index (χ3v) is 8.80. The fraction of sp³-hybridized carbons (Fsp3) is 0.370. The van der Waals surface area contributed by atoms with Crippen LogP contribution in [0.15, 0.2) is 41.0 Å². The maximum absolute atomic E-state index is 14.0. The quantitative estimate of drug-likeness (QED) is 0.436. The second-order valence-electron chi connectivity index (χ2n) is 10.1. The molecule has 0 spiro atoms. The molecule has 3 amide bonds. The Balaban J connectivity index is 1.52. The number of hydrogen-bond donors (Lipinski definition) is 1. The van der Waals surface area contributed by atoms with Gasteiger partial charge in [-0.05, 0) is 59.6 Å². The van der Waals surface area contributed by atoms with E-state index in [9.17, 15) is 27.6 Å². The first-order valence-electron chi connectivity index (χ1n) is 12.7. The summed E-state index contributed by atoms with van der Waals surface area (Å²) < 4.78 is 41.2. The number of nitrogens with zero attached hydrogens (tertiary/aromatic N) is 5. The Kier molecular flexibility index (Phi) is 7.62. The number of fused-ring (bicyclic) bond motifs is 3. The van der Waals surface area contributed by atoms with Crippen LogP contribution in [0.1, 0.15) is 69.3 Å². The minimum Gasteiger partial charge on any atom is -0.357 e. The number of aromatic nitrogens is 3. The van der Waals surface area contributed by atoms with Gasteiger partial charge in [0.2, 0.25) is 5.91 Å². The van der Waals surface area contributed by atoms with Crippen molar-refractivity contribution in [2.45, 2.75) is 51.1 Å². The Morgan fingerprint density at radius 3 is 2.56 bits per heavy atom. The number of likely N-dealkylation sites (N-methyl/N-ethyl adjacent to an activating group) is 1. The number of rotatable bonds is 4. The summed E-state index contributed by atoms with van der Waals surface area (Å²) in [5, 5.41) is 7.64. The van der Waals surface area contributed by atoms with Gasteiger partial charge in [-0.25, -0.2) is 4.68 Å². The molecule has 2 aromatic heterocycles. The highest BCUT2D eigenvalue weighted by Gasteiger charge is 2.43. The van der Waals surface area contributed by atoms with Crippen molar-refractivity contribution < 1.29 is 27.6 Å². The van der Waals surface area contributed by atoms with Gasteiger partial charge in [-0.1, -0.05) is 17.7 Å². The van der Waals surface area contributed by atoms with Crippen LogP contribution in [0.25, 0.3) is 0 Å². The molecule has 0 unspecified atom stereocenters. The lowest BCUT2D eigenvalue weighted by atomic mass is 9.96. The zero-order valence-electron chi connectivity index (χ0n) is 22.2. The fourth-order valence-electron chi connectivity index (χ4n) is 5.26. The normalized spacial score (nSPS) is 19.5. The van der Waals surface area contributed by atoms with E-state index in [0.717, 1.165) is 12.3 Å². The lowest BCUT2D eigenvalue weighted by Crippen LogP contribution is -2.49. The second kappa shape index (κ2) is 10.8. The summed E-state index contributed by atoms with van der Waals surface area (Å²) in [5.74, 6) is -1.10. The number of halogens is 5. The molecule has 0 aliphatic carbocycles. The van der Waals surface area contributed by atoms with Crippen molar-refractivity contribution in [3.8, 4) is 0 Å². The first-order valence-corrected chi connectivity index (χ1v) is 13.9. The number of amides is 3. The number of benzene rings is 1. The van der Waals surface area contributed by atoms with Crippen LogP contribution in [0.4, 0.5) is 13.2 Å². The molecule has 1 N–H and O–H groups in total. The van der Waals surface area contributed by atoms with E-state index >= 15 is 0 Å². The predicted octanol–water partition coefficient (Wildman–Crippen LogP) is 4.80. The van der Waals surface area contributed by atoms with Crippen molar-refractivity contribution in [1.82, 2.24) is 29.9 Å². The van der Waals surface area contributed by atoms with Crippen LogP contribution < -0.4 is 5.32 Å². The van der Waals surface area contributed by atoms with Crippen molar-refractivity contribution in [3.63, 3.8) is 0 Å². The highest BCUT2D eigenvalue weighted by Crippen LogP contribution is 2.36. The Morgan fingerprint density at radius 2 is 1.95 bits per heavy atom. The molecule has 0 fully saturated rings. The summed E-state index contributed by atoms with van der Waals surface area (Å²) >= 11 is 9.54. The van der Waals surface area contributed by atoms with Crippen LogP contribution in [0.5, 0.6) is 0 Å². The van der Waals surface area contributed by atoms with Crippen LogP contribution in [-0.4, -0.2) is 61.9 Å². The average molecular weight is 654 g/mol. The summed E-state index contributed by atoms with van der Waals surface area (Å²) in [7, 11) is 1.47. The van der Waals surface area contributed by atoms with Gasteiger partial charge in [0.05, 0.1) is 29.8 Å². The maximum Gasteiger partial charge on any atom is 0.433 e. The van der Waals surface area contributed by atoms with E-state index in [0.29, 0.717) is 38.3 Å². The first-order chi connectivity index (χ1) is 19.3. The highest BCUT2D eigenvalue weighted by atomic mass is 79.9. The number of pyridine rings is 1. The van der Waals surface area contributed by atoms with Gasteiger partial charge in [-0.2, -0.15) is 18.3 Å². The average Bonchev–Trinajstić information content (AvgIpc) is 3.31. The first kappa shape index (κ1) is 29.1. The molecule has 1 aromatic carbocycles. The van der Waals surface area contributed by atoms with Crippen LogP contribution in [-0.2, 0) is 23.9 Å².